The van der Waals surface area contributed by atoms with Crippen LogP contribution in [0.15, 0.2) is 0 Å². The number of carbonyl (C=O) groups excluding carboxylic acids is 5. The number of hydrogen-bond acceptors (Lipinski definition) is 7. The van der Waals surface area contributed by atoms with Crippen LogP contribution < -0.4 is 21.3 Å². The topological polar surface area (TPSA) is 171 Å². The van der Waals surface area contributed by atoms with Crippen LogP contribution in [-0.4, -0.2) is 96.3 Å². The van der Waals surface area contributed by atoms with E-state index >= 15 is 0 Å². The smallest absolute Gasteiger partial charge is 0.315 e. The number of nitrogens with one attached hydrogen (secondary N) is 4. The van der Waals surface area contributed by atoms with E-state index in [-0.39, 0.29) is 29.2 Å². The van der Waals surface area contributed by atoms with Crippen LogP contribution in [0.2, 0.25) is 0 Å². The number of carbonyl (C=O) groups is 5. The van der Waals surface area contributed by atoms with E-state index in [1.54, 1.807) is 4.90 Å². The SMILES string of the molecule is CC1([C@H](NC(=O)NC2(CS(=O)(=O)C(C)(C)CF)CCCCC2)C(=O)N2C[C@H]3[C@@H]([C@H]2C(=O)N[C@@H](CCC2CC2)C(=O)C(=O)NC2CC2)C3(C)C)CCCCC1. The lowest BCUT2D eigenvalue weighted by molar-refractivity contribution is -0.146. The van der Waals surface area contributed by atoms with Gasteiger partial charge < -0.3 is 26.2 Å². The molecule has 6 aliphatic rings. The van der Waals surface area contributed by atoms with Crippen LogP contribution in [0.1, 0.15) is 137 Å². The van der Waals surface area contributed by atoms with Crippen molar-refractivity contribution in [3.05, 3.63) is 0 Å². The molecule has 5 aliphatic carbocycles. The molecule has 5 amide bonds. The second kappa shape index (κ2) is 15.3. The molecule has 6 fully saturated rings. The summed E-state index contributed by atoms with van der Waals surface area (Å²) in [5.74, 6) is -2.16. The molecule has 12 nitrogen and oxygen atoms in total. The Bertz CT molecular complexity index is 1580. The zero-order valence-corrected chi connectivity index (χ0v) is 33.9. The average molecular weight is 778 g/mol. The molecule has 5 atom stereocenters. The summed E-state index contributed by atoms with van der Waals surface area (Å²) in [5.41, 5.74) is -1.94. The summed E-state index contributed by atoms with van der Waals surface area (Å²) in [4.78, 5) is 71.4. The highest BCUT2D eigenvalue weighted by Crippen LogP contribution is 2.65. The van der Waals surface area contributed by atoms with Gasteiger partial charge in [-0.25, -0.2) is 17.6 Å². The maximum Gasteiger partial charge on any atom is 0.315 e. The van der Waals surface area contributed by atoms with E-state index in [2.05, 4.69) is 35.1 Å². The van der Waals surface area contributed by atoms with Gasteiger partial charge in [0.2, 0.25) is 17.6 Å². The Morgan fingerprint density at radius 3 is 2.06 bits per heavy atom. The van der Waals surface area contributed by atoms with E-state index in [1.165, 1.54) is 13.8 Å². The second-order valence-corrected chi connectivity index (χ2v) is 21.9. The molecule has 0 unspecified atom stereocenters. The Morgan fingerprint density at radius 1 is 0.870 bits per heavy atom. The van der Waals surface area contributed by atoms with E-state index in [0.29, 0.717) is 57.4 Å². The van der Waals surface area contributed by atoms with Gasteiger partial charge in [-0.1, -0.05) is 72.1 Å². The summed E-state index contributed by atoms with van der Waals surface area (Å²) >= 11 is 0. The van der Waals surface area contributed by atoms with Gasteiger partial charge in [0, 0.05) is 12.6 Å². The van der Waals surface area contributed by atoms with Crippen molar-refractivity contribution in [3.8, 4) is 0 Å². The van der Waals surface area contributed by atoms with E-state index in [0.717, 1.165) is 57.8 Å². The van der Waals surface area contributed by atoms with Crippen LogP contribution in [0.3, 0.4) is 0 Å². The Hall–Kier alpha value is -2.77. The van der Waals surface area contributed by atoms with Gasteiger partial charge in [0.05, 0.1) is 22.1 Å². The number of piperidine rings is 1. The van der Waals surface area contributed by atoms with Gasteiger partial charge >= 0.3 is 6.03 Å². The number of sulfone groups is 1. The predicted octanol–water partition coefficient (Wildman–Crippen LogP) is 4.50. The first-order valence-corrected chi connectivity index (χ1v) is 22.3. The number of fused-ring (bicyclic) bond motifs is 1. The van der Waals surface area contributed by atoms with Crippen molar-refractivity contribution in [1.82, 2.24) is 26.2 Å². The van der Waals surface area contributed by atoms with Crippen LogP contribution in [0.25, 0.3) is 0 Å². The number of rotatable bonds is 16. The third-order valence-electron chi connectivity index (χ3n) is 14.1. The summed E-state index contributed by atoms with van der Waals surface area (Å²) in [5, 5.41) is 11.7. The zero-order valence-electron chi connectivity index (χ0n) is 33.1. The molecule has 4 N–H and O–H groups in total. The maximum atomic E-state index is 15.0. The molecular formula is C40H64FN5O7S. The number of hydrogen-bond donors (Lipinski definition) is 4. The molecule has 0 radical (unpaired) electrons. The molecule has 0 aromatic carbocycles. The Labute approximate surface area is 320 Å². The molecule has 1 heterocycles. The van der Waals surface area contributed by atoms with Crippen molar-refractivity contribution in [2.45, 2.75) is 172 Å². The third kappa shape index (κ3) is 8.62. The summed E-state index contributed by atoms with van der Waals surface area (Å²) in [6, 6.07) is -3.51. The fraction of sp³-hybridized carbons (Fsp3) is 0.875. The average Bonchev–Trinajstić information content (AvgIpc) is 4.08. The predicted molar refractivity (Wildman–Crippen MR) is 203 cm³/mol. The molecule has 0 bridgehead atoms. The molecule has 0 aromatic heterocycles. The van der Waals surface area contributed by atoms with Crippen molar-refractivity contribution in [2.24, 2.45) is 28.6 Å². The van der Waals surface area contributed by atoms with Gasteiger partial charge in [-0.2, -0.15) is 0 Å². The molecule has 54 heavy (non-hydrogen) atoms. The van der Waals surface area contributed by atoms with Crippen molar-refractivity contribution >= 4 is 39.4 Å². The molecule has 5 saturated carbocycles. The first kappa shape index (κ1) is 40.9. The molecule has 0 aromatic rings. The maximum absolute atomic E-state index is 15.0. The quantitative estimate of drug-likeness (QED) is 0.167. The van der Waals surface area contributed by atoms with Crippen LogP contribution in [0.5, 0.6) is 0 Å². The number of nitrogens with zero attached hydrogens (tertiary/aromatic N) is 1. The number of ketones is 1. The fourth-order valence-electron chi connectivity index (χ4n) is 9.72. The molecule has 0 spiro atoms. The number of urea groups is 1. The fourth-order valence-corrected chi connectivity index (χ4v) is 11.4. The van der Waals surface area contributed by atoms with Crippen LogP contribution in [0, 0.1) is 28.6 Å². The highest BCUT2D eigenvalue weighted by atomic mass is 32.2. The van der Waals surface area contributed by atoms with Crippen molar-refractivity contribution in [1.29, 1.82) is 0 Å². The van der Waals surface area contributed by atoms with Crippen LogP contribution in [0.4, 0.5) is 9.18 Å². The van der Waals surface area contributed by atoms with Gasteiger partial charge in [0.15, 0.2) is 9.84 Å². The number of alkyl halides is 1. The number of Topliss-reactive ketones (excluding diaryl/α,β-unsaturated/α-hetero) is 1. The lowest BCUT2D eigenvalue weighted by Crippen LogP contribution is -2.65. The largest absolute Gasteiger partial charge is 0.347 e. The Kier molecular flexibility index (Phi) is 11.6. The van der Waals surface area contributed by atoms with Crippen molar-refractivity contribution in [2.75, 3.05) is 19.0 Å². The van der Waals surface area contributed by atoms with Gasteiger partial charge in [0.25, 0.3) is 5.91 Å². The Balaban J connectivity index is 1.23. The highest BCUT2D eigenvalue weighted by molar-refractivity contribution is 7.92. The third-order valence-corrected chi connectivity index (χ3v) is 16.9. The molecular weight excluding hydrogens is 714 g/mol. The summed E-state index contributed by atoms with van der Waals surface area (Å²) in [6.07, 6.45) is 12.2. The molecule has 304 valence electrons. The van der Waals surface area contributed by atoms with E-state index in [9.17, 15) is 36.8 Å². The minimum atomic E-state index is -3.95. The van der Waals surface area contributed by atoms with Gasteiger partial charge in [-0.15, -0.1) is 0 Å². The van der Waals surface area contributed by atoms with Gasteiger partial charge in [-0.3, -0.25) is 19.2 Å². The summed E-state index contributed by atoms with van der Waals surface area (Å²) < 4.78 is 39.2. The highest BCUT2D eigenvalue weighted by Gasteiger charge is 2.70. The number of likely N-dealkylation sites (tertiary alicyclic amines) is 1. The molecule has 14 heteroatoms. The summed E-state index contributed by atoms with van der Waals surface area (Å²) in [6.45, 7) is 8.17. The first-order valence-electron chi connectivity index (χ1n) is 20.7. The summed E-state index contributed by atoms with van der Waals surface area (Å²) in [7, 11) is -3.95. The molecule has 1 aliphatic heterocycles. The normalized spacial score (nSPS) is 28.2. The standard InChI is InChI=1S/C40H64FN5O7S/c1-37(2,23-41)54(52,53)24-40(20-10-7-11-21-40)45-36(51)44-32(39(5)18-8-6-9-19-39)35(50)46-22-27-29(38(27,3)4)30(46)33(48)43-28(17-14-25-12-13-25)31(47)34(49)42-26-15-16-26/h25-30,32H,6-24H2,1-5H3,(H,42,49)(H,43,48)(H2,44,45,51)/t27-,28-,29-,30-,32+/m0/s1. The van der Waals surface area contributed by atoms with E-state index in [4.69, 9.17) is 0 Å². The van der Waals surface area contributed by atoms with Crippen molar-refractivity contribution in [3.63, 3.8) is 0 Å². The number of halogens is 1. The number of amides is 5. The van der Waals surface area contributed by atoms with E-state index < -0.39 is 79.7 Å². The minimum absolute atomic E-state index is 0.000588. The van der Waals surface area contributed by atoms with E-state index in [1.807, 2.05) is 6.92 Å². The zero-order chi connectivity index (χ0) is 39.3. The van der Waals surface area contributed by atoms with Gasteiger partial charge in [-0.05, 0) is 93.8 Å². The molecule has 6 rings (SSSR count). The van der Waals surface area contributed by atoms with Crippen molar-refractivity contribution < 1.29 is 36.8 Å². The lowest BCUT2D eigenvalue weighted by Gasteiger charge is -2.44. The first-order chi connectivity index (χ1) is 25.3. The Morgan fingerprint density at radius 2 is 1.48 bits per heavy atom. The van der Waals surface area contributed by atoms with Crippen LogP contribution in [-0.2, 0) is 29.0 Å². The van der Waals surface area contributed by atoms with Gasteiger partial charge in [0.1, 0.15) is 18.8 Å². The molecule has 1 saturated heterocycles. The lowest BCUT2D eigenvalue weighted by atomic mass is 9.70. The van der Waals surface area contributed by atoms with Crippen LogP contribution >= 0.6 is 0 Å². The minimum Gasteiger partial charge on any atom is -0.347 e. The monoisotopic (exact) mass is 777 g/mol. The second-order valence-electron chi connectivity index (χ2n) is 19.3.